The van der Waals surface area contributed by atoms with Crippen molar-refractivity contribution >= 4 is 5.78 Å². The fourth-order valence-electron chi connectivity index (χ4n) is 1.40. The molecule has 1 aromatic heterocycles. The Hall–Kier alpha value is -2.17. The fourth-order valence-corrected chi connectivity index (χ4v) is 1.40. The number of benzene rings is 1. The summed E-state index contributed by atoms with van der Waals surface area (Å²) in [6.07, 6.45) is 2.09. The molecule has 0 radical (unpaired) electrons. The van der Waals surface area contributed by atoms with Crippen molar-refractivity contribution < 1.29 is 18.0 Å². The Morgan fingerprint density at radius 2 is 1.71 bits per heavy atom. The third-order valence-corrected chi connectivity index (χ3v) is 2.14. The summed E-state index contributed by atoms with van der Waals surface area (Å²) >= 11 is 0. The van der Waals surface area contributed by atoms with Crippen molar-refractivity contribution in [3.8, 4) is 0 Å². The first-order valence-electron chi connectivity index (χ1n) is 4.68. The van der Waals surface area contributed by atoms with Gasteiger partial charge in [0.2, 0.25) is 0 Å². The van der Waals surface area contributed by atoms with E-state index in [1.54, 1.807) is 0 Å². The van der Waals surface area contributed by atoms with Crippen LogP contribution in [0.5, 0.6) is 0 Å². The van der Waals surface area contributed by atoms with Gasteiger partial charge in [-0.15, -0.1) is 0 Å². The third-order valence-electron chi connectivity index (χ3n) is 2.14. The summed E-state index contributed by atoms with van der Waals surface area (Å²) in [4.78, 5) is 15.3. The normalized spacial score (nSPS) is 10.3. The highest BCUT2D eigenvalue weighted by Gasteiger charge is 2.15. The van der Waals surface area contributed by atoms with Gasteiger partial charge in [-0.1, -0.05) is 0 Å². The van der Waals surface area contributed by atoms with Crippen molar-refractivity contribution in [3.05, 3.63) is 65.2 Å². The number of carbonyl (C=O) groups excluding carboxylic acids is 1. The Balaban J connectivity index is 2.48. The molecule has 0 amide bonds. The zero-order chi connectivity index (χ0) is 12.4. The summed E-state index contributed by atoms with van der Waals surface area (Å²) in [7, 11) is 0. The van der Waals surface area contributed by atoms with Crippen LogP contribution >= 0.6 is 0 Å². The second-order valence-corrected chi connectivity index (χ2v) is 3.34. The molecule has 1 heterocycles. The van der Waals surface area contributed by atoms with E-state index in [4.69, 9.17) is 0 Å². The van der Waals surface area contributed by atoms with Crippen LogP contribution in [0.3, 0.4) is 0 Å². The molecule has 0 fully saturated rings. The Morgan fingerprint density at radius 1 is 1.06 bits per heavy atom. The van der Waals surface area contributed by atoms with Gasteiger partial charge < -0.3 is 0 Å². The van der Waals surface area contributed by atoms with Gasteiger partial charge in [0.1, 0.15) is 11.6 Å². The summed E-state index contributed by atoms with van der Waals surface area (Å²) in [5, 5.41) is 0. The van der Waals surface area contributed by atoms with Crippen LogP contribution in [0.4, 0.5) is 13.2 Å². The number of nitrogens with zero attached hydrogens (tertiary/aromatic N) is 1. The van der Waals surface area contributed by atoms with E-state index >= 15 is 0 Å². The number of hydrogen-bond acceptors (Lipinski definition) is 2. The summed E-state index contributed by atoms with van der Waals surface area (Å²) in [5.41, 5.74) is -0.516. The van der Waals surface area contributed by atoms with E-state index in [1.165, 1.54) is 6.20 Å². The molecule has 0 aliphatic heterocycles. The van der Waals surface area contributed by atoms with Crippen LogP contribution in [0, 0.1) is 17.5 Å². The highest BCUT2D eigenvalue weighted by atomic mass is 19.1. The lowest BCUT2D eigenvalue weighted by Gasteiger charge is -2.02. The van der Waals surface area contributed by atoms with Crippen molar-refractivity contribution in [3.63, 3.8) is 0 Å². The summed E-state index contributed by atoms with van der Waals surface area (Å²) in [6, 6.07) is 3.50. The smallest absolute Gasteiger partial charge is 0.196 e. The maximum atomic E-state index is 13.3. The number of pyridine rings is 1. The van der Waals surface area contributed by atoms with Crippen LogP contribution in [0.15, 0.2) is 36.7 Å². The molecule has 2 nitrogen and oxygen atoms in total. The maximum Gasteiger partial charge on any atom is 0.196 e. The average molecular weight is 237 g/mol. The Labute approximate surface area is 94.7 Å². The first kappa shape index (κ1) is 11.3. The van der Waals surface area contributed by atoms with Crippen molar-refractivity contribution in [1.29, 1.82) is 0 Å². The minimum absolute atomic E-state index is 0.243. The predicted molar refractivity (Wildman–Crippen MR) is 54.0 cm³/mol. The lowest BCUT2D eigenvalue weighted by atomic mass is 10.0. The van der Waals surface area contributed by atoms with Gasteiger partial charge in [-0.25, -0.2) is 13.2 Å². The van der Waals surface area contributed by atoms with Gasteiger partial charge in [0, 0.05) is 17.8 Å². The highest BCUT2D eigenvalue weighted by molar-refractivity contribution is 6.09. The summed E-state index contributed by atoms with van der Waals surface area (Å²) < 4.78 is 39.1. The molecular formula is C12H6F3NO. The van der Waals surface area contributed by atoms with E-state index in [1.807, 2.05) is 0 Å². The molecule has 0 aliphatic rings. The molecular weight excluding hydrogens is 231 g/mol. The van der Waals surface area contributed by atoms with E-state index in [0.717, 1.165) is 24.4 Å². The Morgan fingerprint density at radius 3 is 2.29 bits per heavy atom. The molecule has 17 heavy (non-hydrogen) atoms. The lowest BCUT2D eigenvalue weighted by Crippen LogP contribution is -2.05. The third kappa shape index (κ3) is 2.33. The minimum Gasteiger partial charge on any atom is -0.288 e. The van der Waals surface area contributed by atoms with E-state index in [2.05, 4.69) is 4.98 Å². The minimum atomic E-state index is -0.886. The molecule has 2 aromatic rings. The van der Waals surface area contributed by atoms with Crippen molar-refractivity contribution in [2.75, 3.05) is 0 Å². The molecule has 1 aromatic carbocycles. The molecule has 86 valence electrons. The van der Waals surface area contributed by atoms with Crippen molar-refractivity contribution in [2.45, 2.75) is 0 Å². The Bertz CT molecular complexity index is 563. The van der Waals surface area contributed by atoms with Crippen molar-refractivity contribution in [1.82, 2.24) is 4.98 Å². The molecule has 0 unspecified atom stereocenters. The first-order valence-corrected chi connectivity index (χ1v) is 4.68. The van der Waals surface area contributed by atoms with E-state index < -0.39 is 23.2 Å². The predicted octanol–water partition coefficient (Wildman–Crippen LogP) is 2.73. The van der Waals surface area contributed by atoms with Gasteiger partial charge in [0.15, 0.2) is 11.6 Å². The molecule has 0 saturated heterocycles. The number of aromatic nitrogens is 1. The van der Waals surface area contributed by atoms with Crippen LogP contribution in [0.2, 0.25) is 0 Å². The van der Waals surface area contributed by atoms with Crippen LogP contribution in [-0.2, 0) is 0 Å². The van der Waals surface area contributed by atoms with Gasteiger partial charge in [0.05, 0.1) is 11.8 Å². The second-order valence-electron chi connectivity index (χ2n) is 3.34. The van der Waals surface area contributed by atoms with E-state index in [-0.39, 0.29) is 11.1 Å². The average Bonchev–Trinajstić information content (AvgIpc) is 2.27. The SMILES string of the molecule is O=C(c1cc(F)cc(F)c1)c1ccncc1F. The topological polar surface area (TPSA) is 30.0 Å². The number of hydrogen-bond donors (Lipinski definition) is 0. The maximum absolute atomic E-state index is 13.3. The van der Waals surface area contributed by atoms with Crippen LogP contribution in [0.25, 0.3) is 0 Å². The lowest BCUT2D eigenvalue weighted by molar-refractivity contribution is 0.103. The molecule has 0 aliphatic carbocycles. The highest BCUT2D eigenvalue weighted by Crippen LogP contribution is 2.15. The van der Waals surface area contributed by atoms with Crippen LogP contribution in [-0.4, -0.2) is 10.8 Å². The van der Waals surface area contributed by atoms with Gasteiger partial charge >= 0.3 is 0 Å². The van der Waals surface area contributed by atoms with Gasteiger partial charge in [-0.05, 0) is 18.2 Å². The molecule has 5 heteroatoms. The molecule has 0 spiro atoms. The Kier molecular flexibility index (Phi) is 2.91. The van der Waals surface area contributed by atoms with Gasteiger partial charge in [-0.2, -0.15) is 0 Å². The number of halogens is 3. The fraction of sp³-hybridized carbons (Fsp3) is 0. The summed E-state index contributed by atoms with van der Waals surface area (Å²) in [5.74, 6) is -3.39. The van der Waals surface area contributed by atoms with Gasteiger partial charge in [0.25, 0.3) is 0 Å². The zero-order valence-electron chi connectivity index (χ0n) is 8.45. The largest absolute Gasteiger partial charge is 0.288 e. The summed E-state index contributed by atoms with van der Waals surface area (Å²) in [6.45, 7) is 0. The number of rotatable bonds is 2. The number of carbonyl (C=O) groups is 1. The quantitative estimate of drug-likeness (QED) is 0.751. The zero-order valence-corrected chi connectivity index (χ0v) is 8.45. The number of ketones is 1. The molecule has 0 N–H and O–H groups in total. The van der Waals surface area contributed by atoms with E-state index in [0.29, 0.717) is 6.07 Å². The molecule has 0 atom stereocenters. The van der Waals surface area contributed by atoms with Gasteiger partial charge in [-0.3, -0.25) is 9.78 Å². The molecule has 0 saturated carbocycles. The van der Waals surface area contributed by atoms with Crippen LogP contribution in [0.1, 0.15) is 15.9 Å². The van der Waals surface area contributed by atoms with Crippen LogP contribution < -0.4 is 0 Å². The standard InChI is InChI=1S/C12H6F3NO/c13-8-3-7(4-9(14)5-8)12(17)10-1-2-16-6-11(10)15/h1-6H. The molecule has 0 bridgehead atoms. The monoisotopic (exact) mass is 237 g/mol. The second kappa shape index (κ2) is 4.37. The van der Waals surface area contributed by atoms with Crippen molar-refractivity contribution in [2.24, 2.45) is 0 Å². The molecule has 2 rings (SSSR count). The first-order chi connectivity index (χ1) is 8.08. The van der Waals surface area contributed by atoms with E-state index in [9.17, 15) is 18.0 Å².